The third-order valence-corrected chi connectivity index (χ3v) is 4.40. The number of carbonyl (C=O) groups excluding carboxylic acids is 2. The Kier molecular flexibility index (Phi) is 6.52. The topological polar surface area (TPSA) is 40.6 Å². The average Bonchev–Trinajstić information content (AvgIpc) is 2.79. The summed E-state index contributed by atoms with van der Waals surface area (Å²) in [4.78, 5) is 26.6. The molecule has 0 aliphatic carbocycles. The van der Waals surface area contributed by atoms with E-state index >= 15 is 0 Å². The summed E-state index contributed by atoms with van der Waals surface area (Å²) in [6.45, 7) is 8.79. The van der Waals surface area contributed by atoms with Crippen LogP contribution in [0.15, 0.2) is 0 Å². The van der Waals surface area contributed by atoms with E-state index in [4.69, 9.17) is 0 Å². The summed E-state index contributed by atoms with van der Waals surface area (Å²) in [6.07, 6.45) is 2.54. The van der Waals surface area contributed by atoms with E-state index in [0.29, 0.717) is 5.92 Å². The molecule has 1 saturated heterocycles. The standard InChI is InChI=1S/C15H28N2O2S/c1-10(2)9-13(14(18)11(3)4)16(5)15(19)12-7-6-8-17(12)20/h10-13,20H,6-9H2,1-5H3/t12-,13+/m0/s1. The average molecular weight is 300 g/mol. The van der Waals surface area contributed by atoms with Crippen LogP contribution in [-0.2, 0) is 9.59 Å². The zero-order valence-electron chi connectivity index (χ0n) is 13.3. The number of carbonyl (C=O) groups is 2. The number of Topliss-reactive ketones (excluding diaryl/α,β-unsaturated/α-hetero) is 1. The summed E-state index contributed by atoms with van der Waals surface area (Å²) < 4.78 is 1.80. The van der Waals surface area contributed by atoms with Crippen molar-refractivity contribution < 1.29 is 9.59 Å². The van der Waals surface area contributed by atoms with Gasteiger partial charge in [0.25, 0.3) is 0 Å². The van der Waals surface area contributed by atoms with E-state index < -0.39 is 0 Å². The van der Waals surface area contributed by atoms with Crippen molar-refractivity contribution in [2.45, 2.75) is 59.0 Å². The van der Waals surface area contributed by atoms with Gasteiger partial charge in [-0.15, -0.1) is 0 Å². The smallest absolute Gasteiger partial charge is 0.241 e. The third kappa shape index (κ3) is 4.22. The van der Waals surface area contributed by atoms with Crippen molar-refractivity contribution in [1.29, 1.82) is 0 Å². The van der Waals surface area contributed by atoms with Crippen molar-refractivity contribution in [3.05, 3.63) is 0 Å². The van der Waals surface area contributed by atoms with Gasteiger partial charge >= 0.3 is 0 Å². The van der Waals surface area contributed by atoms with E-state index in [1.165, 1.54) is 0 Å². The lowest BCUT2D eigenvalue weighted by atomic mass is 9.92. The van der Waals surface area contributed by atoms with Gasteiger partial charge in [-0.05, 0) is 25.2 Å². The SMILES string of the molecule is CC(C)C[C@H](C(=O)C(C)C)N(C)C(=O)[C@@H]1CCCN1S. The minimum Gasteiger partial charge on any atom is -0.334 e. The van der Waals surface area contributed by atoms with Crippen molar-refractivity contribution in [3.63, 3.8) is 0 Å². The van der Waals surface area contributed by atoms with Crippen LogP contribution in [-0.4, -0.2) is 46.6 Å². The highest BCUT2D eigenvalue weighted by molar-refractivity contribution is 7.77. The first-order chi connectivity index (χ1) is 9.25. The molecule has 1 fully saturated rings. The predicted molar refractivity (Wildman–Crippen MR) is 84.6 cm³/mol. The van der Waals surface area contributed by atoms with Gasteiger partial charge in [-0.3, -0.25) is 9.59 Å². The van der Waals surface area contributed by atoms with E-state index in [9.17, 15) is 9.59 Å². The fourth-order valence-corrected chi connectivity index (χ4v) is 3.04. The molecule has 0 aromatic rings. The lowest BCUT2D eigenvalue weighted by molar-refractivity contribution is -0.142. The summed E-state index contributed by atoms with van der Waals surface area (Å²) in [5.41, 5.74) is 0. The number of hydrogen-bond acceptors (Lipinski definition) is 4. The monoisotopic (exact) mass is 300 g/mol. The molecule has 0 aromatic heterocycles. The number of nitrogens with zero attached hydrogens (tertiary/aromatic N) is 2. The second kappa shape index (κ2) is 7.46. The highest BCUT2D eigenvalue weighted by atomic mass is 32.1. The van der Waals surface area contributed by atoms with Crippen LogP contribution < -0.4 is 0 Å². The maximum Gasteiger partial charge on any atom is 0.241 e. The number of ketones is 1. The molecule has 0 aromatic carbocycles. The highest BCUT2D eigenvalue weighted by Crippen LogP contribution is 2.23. The molecule has 0 unspecified atom stereocenters. The van der Waals surface area contributed by atoms with Crippen molar-refractivity contribution in [3.8, 4) is 0 Å². The Morgan fingerprint density at radius 2 is 1.90 bits per heavy atom. The minimum absolute atomic E-state index is 0.0251. The van der Waals surface area contributed by atoms with Gasteiger partial charge in [-0.1, -0.05) is 40.5 Å². The van der Waals surface area contributed by atoms with Gasteiger partial charge in [0, 0.05) is 19.5 Å². The van der Waals surface area contributed by atoms with E-state index in [1.807, 2.05) is 13.8 Å². The Morgan fingerprint density at radius 1 is 1.30 bits per heavy atom. The van der Waals surface area contributed by atoms with Crippen LogP contribution >= 0.6 is 12.8 Å². The van der Waals surface area contributed by atoms with Gasteiger partial charge in [-0.25, -0.2) is 4.31 Å². The van der Waals surface area contributed by atoms with Crippen LogP contribution in [0.5, 0.6) is 0 Å². The first kappa shape index (κ1) is 17.5. The van der Waals surface area contributed by atoms with Crippen LogP contribution in [0.1, 0.15) is 47.0 Å². The summed E-state index contributed by atoms with van der Waals surface area (Å²) in [7, 11) is 1.76. The molecule has 2 atom stereocenters. The molecule has 0 N–H and O–H groups in total. The van der Waals surface area contributed by atoms with Crippen LogP contribution in [0, 0.1) is 11.8 Å². The molecule has 4 nitrogen and oxygen atoms in total. The zero-order chi connectivity index (χ0) is 15.4. The number of thiol groups is 1. The molecule has 1 heterocycles. The van der Waals surface area contributed by atoms with E-state index in [1.54, 1.807) is 16.3 Å². The first-order valence-electron chi connectivity index (χ1n) is 7.51. The molecule has 0 saturated carbocycles. The predicted octanol–water partition coefficient (Wildman–Crippen LogP) is 2.39. The fourth-order valence-electron chi connectivity index (χ4n) is 2.69. The summed E-state index contributed by atoms with van der Waals surface area (Å²) in [5.74, 6) is 0.508. The Morgan fingerprint density at radius 3 is 2.30 bits per heavy atom. The summed E-state index contributed by atoms with van der Waals surface area (Å²) >= 11 is 4.35. The Hall–Kier alpha value is -0.550. The largest absolute Gasteiger partial charge is 0.334 e. The molecule has 1 aliphatic heterocycles. The molecular weight excluding hydrogens is 272 g/mol. The second-order valence-corrected chi connectivity index (χ2v) is 6.99. The Bertz CT molecular complexity index is 358. The third-order valence-electron chi connectivity index (χ3n) is 3.92. The number of hydrogen-bond donors (Lipinski definition) is 1. The minimum atomic E-state index is -0.315. The van der Waals surface area contributed by atoms with E-state index in [-0.39, 0.29) is 29.7 Å². The maximum absolute atomic E-state index is 12.6. The number of likely N-dealkylation sites (N-methyl/N-ethyl adjacent to an activating group) is 1. The second-order valence-electron chi connectivity index (χ2n) is 6.47. The Labute approximate surface area is 128 Å². The molecule has 5 heteroatoms. The van der Waals surface area contributed by atoms with Crippen molar-refractivity contribution in [1.82, 2.24) is 9.21 Å². The van der Waals surface area contributed by atoms with Crippen LogP contribution in [0.2, 0.25) is 0 Å². The highest BCUT2D eigenvalue weighted by Gasteiger charge is 2.36. The fraction of sp³-hybridized carbons (Fsp3) is 0.867. The van der Waals surface area contributed by atoms with Crippen LogP contribution in [0.25, 0.3) is 0 Å². The van der Waals surface area contributed by atoms with Gasteiger partial charge in [0.15, 0.2) is 5.78 Å². The maximum atomic E-state index is 12.6. The molecule has 1 amide bonds. The summed E-state index contributed by atoms with van der Waals surface area (Å²) in [5, 5.41) is 0. The van der Waals surface area contributed by atoms with E-state index in [0.717, 1.165) is 25.8 Å². The summed E-state index contributed by atoms with van der Waals surface area (Å²) in [6, 6.07) is -0.497. The molecule has 1 rings (SSSR count). The molecule has 0 bridgehead atoms. The van der Waals surface area contributed by atoms with Crippen molar-refractivity contribution >= 4 is 24.5 Å². The zero-order valence-corrected chi connectivity index (χ0v) is 14.2. The van der Waals surface area contributed by atoms with Gasteiger partial charge in [0.1, 0.15) is 0 Å². The first-order valence-corrected chi connectivity index (χ1v) is 7.91. The Balaban J connectivity index is 2.83. The van der Waals surface area contributed by atoms with Gasteiger partial charge in [0.05, 0.1) is 12.1 Å². The number of amides is 1. The molecule has 0 radical (unpaired) electrons. The van der Waals surface area contributed by atoms with Gasteiger partial charge in [-0.2, -0.15) is 0 Å². The van der Waals surface area contributed by atoms with E-state index in [2.05, 4.69) is 26.7 Å². The molecule has 1 aliphatic rings. The number of rotatable bonds is 6. The molecule has 0 spiro atoms. The van der Waals surface area contributed by atoms with Crippen molar-refractivity contribution in [2.24, 2.45) is 11.8 Å². The molecule has 20 heavy (non-hydrogen) atoms. The van der Waals surface area contributed by atoms with Gasteiger partial charge < -0.3 is 4.90 Å². The quantitative estimate of drug-likeness (QED) is 0.766. The van der Waals surface area contributed by atoms with Crippen LogP contribution in [0.3, 0.4) is 0 Å². The van der Waals surface area contributed by atoms with Crippen molar-refractivity contribution in [2.75, 3.05) is 13.6 Å². The molecule has 116 valence electrons. The normalized spacial score (nSPS) is 21.5. The van der Waals surface area contributed by atoms with Crippen LogP contribution in [0.4, 0.5) is 0 Å². The van der Waals surface area contributed by atoms with Gasteiger partial charge in [0.2, 0.25) is 5.91 Å². The molecular formula is C15H28N2O2S. The lowest BCUT2D eigenvalue weighted by Crippen LogP contribution is -2.50. The lowest BCUT2D eigenvalue weighted by Gasteiger charge is -2.32.